The highest BCUT2D eigenvalue weighted by atomic mass is 32.2. The highest BCUT2D eigenvalue weighted by Gasteiger charge is 2.11. The van der Waals surface area contributed by atoms with Crippen molar-refractivity contribution in [3.8, 4) is 0 Å². The number of para-hydroxylation sites is 2. The predicted molar refractivity (Wildman–Crippen MR) is 79.8 cm³/mol. The molecular formula is C13H18N4OS. The number of nitrogens with zero attached hydrogens (tertiary/aromatic N) is 3. The molecule has 0 aliphatic heterocycles. The van der Waals surface area contributed by atoms with Crippen LogP contribution in [0.2, 0.25) is 0 Å². The molecule has 0 saturated carbocycles. The molecule has 3 N–H and O–H groups in total. The summed E-state index contributed by atoms with van der Waals surface area (Å²) in [7, 11) is 0. The fourth-order valence-corrected chi connectivity index (χ4v) is 2.49. The van der Waals surface area contributed by atoms with Crippen LogP contribution in [0.4, 0.5) is 0 Å². The maximum Gasteiger partial charge on any atom is 0.146 e. The normalized spacial score (nSPS) is 12.2. The largest absolute Gasteiger partial charge is 0.409 e. The lowest BCUT2D eigenvalue weighted by Crippen LogP contribution is -2.18. The fraction of sp³-hybridized carbons (Fsp3) is 0.385. The first-order valence-corrected chi connectivity index (χ1v) is 7.55. The van der Waals surface area contributed by atoms with E-state index in [2.05, 4.69) is 27.0 Å². The van der Waals surface area contributed by atoms with Crippen LogP contribution in [0.3, 0.4) is 0 Å². The van der Waals surface area contributed by atoms with Gasteiger partial charge >= 0.3 is 0 Å². The van der Waals surface area contributed by atoms with E-state index in [0.29, 0.717) is 6.42 Å². The number of aromatic nitrogens is 2. The van der Waals surface area contributed by atoms with Gasteiger partial charge in [0.2, 0.25) is 0 Å². The summed E-state index contributed by atoms with van der Waals surface area (Å²) in [5, 5.41) is 11.7. The predicted octanol–water partition coefficient (Wildman–Crippen LogP) is 2.08. The number of rotatable bonds is 6. The van der Waals surface area contributed by atoms with E-state index in [1.807, 2.05) is 30.0 Å². The number of hydrogen-bond acceptors (Lipinski definition) is 4. The fourth-order valence-electron chi connectivity index (χ4n) is 2.07. The molecule has 5 nitrogen and oxygen atoms in total. The van der Waals surface area contributed by atoms with Crippen molar-refractivity contribution < 1.29 is 5.21 Å². The molecule has 0 unspecified atom stereocenters. The molecule has 0 aliphatic rings. The highest BCUT2D eigenvalue weighted by Crippen LogP contribution is 2.17. The van der Waals surface area contributed by atoms with Crippen molar-refractivity contribution in [3.63, 3.8) is 0 Å². The SMILES string of the molecule is CSCCCn1c(C/C(N)=N/O)nc2ccccc21. The van der Waals surface area contributed by atoms with Crippen LogP contribution in [0.5, 0.6) is 0 Å². The Balaban J connectivity index is 2.34. The van der Waals surface area contributed by atoms with Crippen molar-refractivity contribution in [1.29, 1.82) is 0 Å². The molecule has 2 aromatic rings. The molecule has 1 heterocycles. The van der Waals surface area contributed by atoms with Crippen molar-refractivity contribution in [3.05, 3.63) is 30.1 Å². The topological polar surface area (TPSA) is 76.4 Å². The summed E-state index contributed by atoms with van der Waals surface area (Å²) in [5.74, 6) is 2.13. The minimum atomic E-state index is 0.182. The Kier molecular flexibility index (Phi) is 4.68. The lowest BCUT2D eigenvalue weighted by atomic mass is 10.3. The molecule has 0 radical (unpaired) electrons. The lowest BCUT2D eigenvalue weighted by Gasteiger charge is -2.08. The Hall–Kier alpha value is -1.69. The number of oxime groups is 1. The summed E-state index contributed by atoms with van der Waals surface area (Å²) >= 11 is 1.83. The molecule has 1 aromatic carbocycles. The molecule has 0 fully saturated rings. The third-order valence-electron chi connectivity index (χ3n) is 2.93. The third-order valence-corrected chi connectivity index (χ3v) is 3.63. The number of amidine groups is 1. The van der Waals surface area contributed by atoms with E-state index < -0.39 is 0 Å². The summed E-state index contributed by atoms with van der Waals surface area (Å²) in [6, 6.07) is 8.00. The van der Waals surface area contributed by atoms with Crippen molar-refractivity contribution in [2.75, 3.05) is 12.0 Å². The minimum Gasteiger partial charge on any atom is -0.409 e. The molecule has 0 atom stereocenters. The molecule has 102 valence electrons. The van der Waals surface area contributed by atoms with E-state index in [1.54, 1.807) is 0 Å². The zero-order valence-electron chi connectivity index (χ0n) is 10.9. The lowest BCUT2D eigenvalue weighted by molar-refractivity contribution is 0.317. The monoisotopic (exact) mass is 278 g/mol. The van der Waals surface area contributed by atoms with E-state index in [9.17, 15) is 0 Å². The number of aryl methyl sites for hydroxylation is 1. The molecule has 0 saturated heterocycles. The maximum absolute atomic E-state index is 8.70. The van der Waals surface area contributed by atoms with E-state index >= 15 is 0 Å². The molecule has 0 amide bonds. The standard InChI is InChI=1S/C13H18N4OS/c1-19-8-4-7-17-11-6-3-2-5-10(11)15-13(17)9-12(14)16-18/h2-3,5-6,18H,4,7-9H2,1H3,(H2,14,16). The van der Waals surface area contributed by atoms with Crippen LogP contribution >= 0.6 is 11.8 Å². The second kappa shape index (κ2) is 6.47. The van der Waals surface area contributed by atoms with Crippen molar-refractivity contribution in [2.24, 2.45) is 10.9 Å². The number of fused-ring (bicyclic) bond motifs is 1. The first-order valence-electron chi connectivity index (χ1n) is 6.15. The molecule has 0 spiro atoms. The highest BCUT2D eigenvalue weighted by molar-refractivity contribution is 7.98. The average Bonchev–Trinajstić information content (AvgIpc) is 2.77. The zero-order chi connectivity index (χ0) is 13.7. The van der Waals surface area contributed by atoms with E-state index in [4.69, 9.17) is 10.9 Å². The van der Waals surface area contributed by atoms with Gasteiger partial charge in [0.05, 0.1) is 17.5 Å². The van der Waals surface area contributed by atoms with Gasteiger partial charge in [-0.3, -0.25) is 0 Å². The van der Waals surface area contributed by atoms with Gasteiger partial charge in [-0.25, -0.2) is 4.98 Å². The molecule has 19 heavy (non-hydrogen) atoms. The third kappa shape index (κ3) is 3.20. The quantitative estimate of drug-likeness (QED) is 0.279. The number of hydrogen-bond donors (Lipinski definition) is 2. The number of thioether (sulfide) groups is 1. The second-order valence-corrected chi connectivity index (χ2v) is 5.27. The Morgan fingerprint density at radius 2 is 2.26 bits per heavy atom. The molecular weight excluding hydrogens is 260 g/mol. The summed E-state index contributed by atoms with van der Waals surface area (Å²) in [6.45, 7) is 0.898. The van der Waals surface area contributed by atoms with E-state index in [-0.39, 0.29) is 5.84 Å². The van der Waals surface area contributed by atoms with Crippen LogP contribution in [0.1, 0.15) is 12.2 Å². The Bertz CT molecular complexity index is 579. The van der Waals surface area contributed by atoms with Crippen LogP contribution < -0.4 is 5.73 Å². The van der Waals surface area contributed by atoms with Gasteiger partial charge in [0.1, 0.15) is 11.7 Å². The van der Waals surface area contributed by atoms with E-state index in [0.717, 1.165) is 35.6 Å². The zero-order valence-corrected chi connectivity index (χ0v) is 11.7. The molecule has 2 rings (SSSR count). The molecule has 0 aliphatic carbocycles. The smallest absolute Gasteiger partial charge is 0.146 e. The van der Waals surface area contributed by atoms with Gasteiger partial charge in [0.15, 0.2) is 0 Å². The Labute approximate surface area is 116 Å². The Morgan fingerprint density at radius 1 is 1.47 bits per heavy atom. The number of benzene rings is 1. The van der Waals surface area contributed by atoms with Gasteiger partial charge in [-0.2, -0.15) is 11.8 Å². The summed E-state index contributed by atoms with van der Waals surface area (Å²) < 4.78 is 2.16. The number of imidazole rings is 1. The van der Waals surface area contributed by atoms with Crippen LogP contribution in [-0.4, -0.2) is 32.6 Å². The van der Waals surface area contributed by atoms with Crippen LogP contribution in [0.25, 0.3) is 11.0 Å². The number of nitrogens with two attached hydrogens (primary N) is 1. The van der Waals surface area contributed by atoms with E-state index in [1.165, 1.54) is 0 Å². The molecule has 0 bridgehead atoms. The van der Waals surface area contributed by atoms with Crippen molar-refractivity contribution >= 4 is 28.6 Å². The molecule has 6 heteroatoms. The maximum atomic E-state index is 8.70. The van der Waals surface area contributed by atoms with Gasteiger partial charge in [0, 0.05) is 6.54 Å². The summed E-state index contributed by atoms with van der Waals surface area (Å²) in [5.41, 5.74) is 7.65. The first-order chi connectivity index (χ1) is 9.26. The van der Waals surface area contributed by atoms with Gasteiger partial charge in [-0.05, 0) is 30.6 Å². The van der Waals surface area contributed by atoms with Crippen molar-refractivity contribution in [1.82, 2.24) is 9.55 Å². The van der Waals surface area contributed by atoms with Gasteiger partial charge in [0.25, 0.3) is 0 Å². The minimum absolute atomic E-state index is 0.182. The first kappa shape index (κ1) is 13.7. The Morgan fingerprint density at radius 3 is 3.00 bits per heavy atom. The van der Waals surface area contributed by atoms with Crippen LogP contribution in [-0.2, 0) is 13.0 Å². The summed E-state index contributed by atoms with van der Waals surface area (Å²) in [4.78, 5) is 4.56. The van der Waals surface area contributed by atoms with Gasteiger partial charge in [-0.1, -0.05) is 17.3 Å². The average molecular weight is 278 g/mol. The van der Waals surface area contributed by atoms with Gasteiger partial charge < -0.3 is 15.5 Å². The molecule has 1 aromatic heterocycles. The van der Waals surface area contributed by atoms with Crippen LogP contribution in [0.15, 0.2) is 29.4 Å². The van der Waals surface area contributed by atoms with Gasteiger partial charge in [-0.15, -0.1) is 0 Å². The van der Waals surface area contributed by atoms with Crippen LogP contribution in [0, 0.1) is 0 Å². The van der Waals surface area contributed by atoms with Crippen molar-refractivity contribution in [2.45, 2.75) is 19.4 Å². The summed E-state index contributed by atoms with van der Waals surface area (Å²) in [6.07, 6.45) is 3.54. The second-order valence-electron chi connectivity index (χ2n) is 4.28.